The van der Waals surface area contributed by atoms with E-state index in [9.17, 15) is 4.39 Å². The first-order valence-electron chi connectivity index (χ1n) is 3.61. The number of nitrogens with one attached hydrogen (secondary N) is 1. The predicted molar refractivity (Wildman–Crippen MR) is 34.0 cm³/mol. The maximum atomic E-state index is 11.9. The number of alkyl halides is 1. The molecule has 1 heterocycles. The van der Waals surface area contributed by atoms with Gasteiger partial charge in [0.15, 0.2) is 0 Å². The van der Waals surface area contributed by atoms with E-state index in [1.165, 1.54) is 0 Å². The van der Waals surface area contributed by atoms with Crippen LogP contribution in [0, 0.1) is 11.3 Å². The van der Waals surface area contributed by atoms with Crippen molar-refractivity contribution in [3.63, 3.8) is 0 Å². The van der Waals surface area contributed by atoms with Crippen LogP contribution >= 0.6 is 0 Å². The van der Waals surface area contributed by atoms with Gasteiger partial charge in [-0.05, 0) is 24.2 Å². The third-order valence-electron chi connectivity index (χ3n) is 2.66. The SMILES string of the molecule is FCC1CC2(CNC2)C1. The van der Waals surface area contributed by atoms with Crippen molar-refractivity contribution in [2.24, 2.45) is 11.3 Å². The largest absolute Gasteiger partial charge is 0.316 e. The van der Waals surface area contributed by atoms with Crippen LogP contribution in [0.15, 0.2) is 0 Å². The zero-order chi connectivity index (χ0) is 6.32. The Morgan fingerprint density at radius 2 is 2.11 bits per heavy atom. The Kier molecular flexibility index (Phi) is 1.06. The van der Waals surface area contributed by atoms with Crippen molar-refractivity contribution in [3.8, 4) is 0 Å². The molecule has 1 aliphatic carbocycles. The molecule has 1 spiro atoms. The van der Waals surface area contributed by atoms with Crippen LogP contribution in [-0.2, 0) is 0 Å². The molecule has 0 bridgehead atoms. The molecule has 1 saturated heterocycles. The molecule has 0 unspecified atom stereocenters. The standard InChI is InChI=1S/C7H12FN/c8-3-6-1-7(2-6)4-9-5-7/h6,9H,1-5H2. The molecule has 1 aliphatic heterocycles. The van der Waals surface area contributed by atoms with Crippen molar-refractivity contribution in [2.45, 2.75) is 12.8 Å². The summed E-state index contributed by atoms with van der Waals surface area (Å²) in [6.07, 6.45) is 2.27. The normalized spacial score (nSPS) is 31.7. The molecule has 2 rings (SSSR count). The van der Waals surface area contributed by atoms with Crippen LogP contribution < -0.4 is 5.32 Å². The van der Waals surface area contributed by atoms with Crippen LogP contribution in [0.25, 0.3) is 0 Å². The first-order chi connectivity index (χ1) is 4.35. The van der Waals surface area contributed by atoms with Crippen LogP contribution in [0.5, 0.6) is 0 Å². The first kappa shape index (κ1) is 5.66. The van der Waals surface area contributed by atoms with Gasteiger partial charge in [0.2, 0.25) is 0 Å². The van der Waals surface area contributed by atoms with Crippen molar-refractivity contribution < 1.29 is 4.39 Å². The number of hydrogen-bond donors (Lipinski definition) is 1. The molecule has 0 amide bonds. The highest BCUT2D eigenvalue weighted by Gasteiger charge is 2.47. The lowest BCUT2D eigenvalue weighted by molar-refractivity contribution is -0.0100. The minimum absolute atomic E-state index is 0.0955. The van der Waals surface area contributed by atoms with Crippen molar-refractivity contribution in [1.82, 2.24) is 5.32 Å². The van der Waals surface area contributed by atoms with Crippen LogP contribution in [0.1, 0.15) is 12.8 Å². The Morgan fingerprint density at radius 3 is 2.44 bits per heavy atom. The zero-order valence-corrected chi connectivity index (χ0v) is 5.49. The van der Waals surface area contributed by atoms with E-state index in [1.54, 1.807) is 0 Å². The van der Waals surface area contributed by atoms with E-state index in [2.05, 4.69) is 5.32 Å². The molecule has 1 N–H and O–H groups in total. The fraction of sp³-hybridized carbons (Fsp3) is 1.00. The lowest BCUT2D eigenvalue weighted by Gasteiger charge is -2.53. The fourth-order valence-corrected chi connectivity index (χ4v) is 2.04. The average Bonchev–Trinajstić information content (AvgIpc) is 1.59. The predicted octanol–water partition coefficient (Wildman–Crippen LogP) is 0.956. The maximum absolute atomic E-state index is 11.9. The molecular weight excluding hydrogens is 117 g/mol. The van der Waals surface area contributed by atoms with Crippen LogP contribution in [-0.4, -0.2) is 19.8 Å². The van der Waals surface area contributed by atoms with Crippen molar-refractivity contribution >= 4 is 0 Å². The van der Waals surface area contributed by atoms with Crippen LogP contribution in [0.4, 0.5) is 4.39 Å². The van der Waals surface area contributed by atoms with Crippen molar-refractivity contribution in [1.29, 1.82) is 0 Å². The summed E-state index contributed by atoms with van der Waals surface area (Å²) < 4.78 is 11.9. The Hall–Kier alpha value is -0.110. The molecule has 2 aliphatic rings. The molecule has 0 atom stereocenters. The highest BCUT2D eigenvalue weighted by atomic mass is 19.1. The molecule has 1 saturated carbocycles. The van der Waals surface area contributed by atoms with Gasteiger partial charge < -0.3 is 5.32 Å². The minimum atomic E-state index is -0.0955. The number of hydrogen-bond acceptors (Lipinski definition) is 1. The molecule has 2 heteroatoms. The quantitative estimate of drug-likeness (QED) is 0.556. The van der Waals surface area contributed by atoms with Gasteiger partial charge in [0.05, 0.1) is 6.67 Å². The number of halogens is 1. The van der Waals surface area contributed by atoms with Crippen molar-refractivity contribution in [3.05, 3.63) is 0 Å². The third kappa shape index (κ3) is 0.692. The summed E-state index contributed by atoms with van der Waals surface area (Å²) in [6, 6.07) is 0. The molecule has 0 aromatic carbocycles. The highest BCUT2D eigenvalue weighted by Crippen LogP contribution is 2.48. The second-order valence-corrected chi connectivity index (χ2v) is 3.53. The van der Waals surface area contributed by atoms with E-state index in [4.69, 9.17) is 0 Å². The van der Waals surface area contributed by atoms with E-state index in [0.717, 1.165) is 25.9 Å². The van der Waals surface area contributed by atoms with Gasteiger partial charge in [-0.1, -0.05) is 0 Å². The van der Waals surface area contributed by atoms with E-state index in [-0.39, 0.29) is 6.67 Å². The van der Waals surface area contributed by atoms with Crippen molar-refractivity contribution in [2.75, 3.05) is 19.8 Å². The van der Waals surface area contributed by atoms with Gasteiger partial charge in [0, 0.05) is 13.1 Å². The van der Waals surface area contributed by atoms with Gasteiger partial charge in [-0.15, -0.1) is 0 Å². The molecular formula is C7H12FN. The van der Waals surface area contributed by atoms with Gasteiger partial charge in [-0.25, -0.2) is 0 Å². The summed E-state index contributed by atoms with van der Waals surface area (Å²) in [5, 5.41) is 3.23. The van der Waals surface area contributed by atoms with Gasteiger partial charge in [-0.2, -0.15) is 0 Å². The Bertz CT molecular complexity index is 112. The smallest absolute Gasteiger partial charge is 0.0923 e. The van der Waals surface area contributed by atoms with E-state index < -0.39 is 0 Å². The summed E-state index contributed by atoms with van der Waals surface area (Å²) in [6.45, 7) is 2.19. The lowest BCUT2D eigenvalue weighted by atomic mass is 9.59. The first-order valence-corrected chi connectivity index (χ1v) is 3.61. The lowest BCUT2D eigenvalue weighted by Crippen LogP contribution is -2.60. The van der Waals surface area contributed by atoms with Gasteiger partial charge in [-0.3, -0.25) is 4.39 Å². The average molecular weight is 129 g/mol. The van der Waals surface area contributed by atoms with Gasteiger partial charge >= 0.3 is 0 Å². The molecule has 2 fully saturated rings. The zero-order valence-electron chi connectivity index (χ0n) is 5.49. The molecule has 0 radical (unpaired) electrons. The number of rotatable bonds is 1. The van der Waals surface area contributed by atoms with Gasteiger partial charge in [0.25, 0.3) is 0 Å². The van der Waals surface area contributed by atoms with Crippen LogP contribution in [0.2, 0.25) is 0 Å². The molecule has 9 heavy (non-hydrogen) atoms. The summed E-state index contributed by atoms with van der Waals surface area (Å²) in [5.74, 6) is 0.409. The van der Waals surface area contributed by atoms with Gasteiger partial charge in [0.1, 0.15) is 0 Å². The van der Waals surface area contributed by atoms with E-state index in [0.29, 0.717) is 11.3 Å². The Labute approximate surface area is 54.6 Å². The van der Waals surface area contributed by atoms with E-state index >= 15 is 0 Å². The summed E-state index contributed by atoms with van der Waals surface area (Å²) >= 11 is 0. The molecule has 0 aromatic heterocycles. The Morgan fingerprint density at radius 1 is 1.44 bits per heavy atom. The molecule has 52 valence electrons. The second-order valence-electron chi connectivity index (χ2n) is 3.53. The van der Waals surface area contributed by atoms with Crippen LogP contribution in [0.3, 0.4) is 0 Å². The fourth-order valence-electron chi connectivity index (χ4n) is 2.04. The van der Waals surface area contributed by atoms with E-state index in [1.807, 2.05) is 0 Å². The summed E-state index contributed by atoms with van der Waals surface area (Å²) in [5.41, 5.74) is 0.566. The summed E-state index contributed by atoms with van der Waals surface area (Å²) in [4.78, 5) is 0. The highest BCUT2D eigenvalue weighted by molar-refractivity contribution is 5.02. The maximum Gasteiger partial charge on any atom is 0.0923 e. The topological polar surface area (TPSA) is 12.0 Å². The minimum Gasteiger partial charge on any atom is -0.316 e. The monoisotopic (exact) mass is 129 g/mol. The second kappa shape index (κ2) is 1.69. The molecule has 1 nitrogen and oxygen atoms in total. The molecule has 0 aromatic rings. The third-order valence-corrected chi connectivity index (χ3v) is 2.66. The Balaban J connectivity index is 1.82. The summed E-state index contributed by atoms with van der Waals surface area (Å²) in [7, 11) is 0.